The molecule has 0 aliphatic heterocycles. The van der Waals surface area contributed by atoms with E-state index in [0.717, 1.165) is 0 Å². The van der Waals surface area contributed by atoms with Gasteiger partial charge in [-0.25, -0.2) is 0 Å². The molecule has 1 atom stereocenters. The van der Waals surface area contributed by atoms with Gasteiger partial charge in [0.1, 0.15) is 6.10 Å². The minimum absolute atomic E-state index is 0.153. The maximum absolute atomic E-state index is 8.58. The molecule has 0 amide bonds. The third-order valence-electron chi connectivity index (χ3n) is 0.612. The molecule has 0 spiro atoms. The SMILES string of the molecule is OCC(O)COCS. The molecule has 4 heteroatoms. The molecule has 0 aromatic carbocycles. The average molecular weight is 138 g/mol. The number of hydrogen-bond acceptors (Lipinski definition) is 4. The number of hydrogen-bond donors (Lipinski definition) is 3. The van der Waals surface area contributed by atoms with E-state index in [4.69, 9.17) is 10.2 Å². The number of aliphatic hydroxyl groups excluding tert-OH is 2. The Labute approximate surface area is 53.7 Å². The van der Waals surface area contributed by atoms with E-state index in [2.05, 4.69) is 17.4 Å². The van der Waals surface area contributed by atoms with Gasteiger partial charge < -0.3 is 14.9 Å². The number of thiol groups is 1. The van der Waals surface area contributed by atoms with Crippen molar-refractivity contribution in [1.82, 2.24) is 0 Å². The van der Waals surface area contributed by atoms with E-state index in [1.165, 1.54) is 0 Å². The lowest BCUT2D eigenvalue weighted by Crippen LogP contribution is -2.18. The van der Waals surface area contributed by atoms with Gasteiger partial charge in [-0.05, 0) is 0 Å². The molecule has 1 unspecified atom stereocenters. The molecular weight excluding hydrogens is 128 g/mol. The van der Waals surface area contributed by atoms with Crippen LogP contribution >= 0.6 is 12.6 Å². The Hall–Kier alpha value is 0.230. The Balaban J connectivity index is 2.86. The van der Waals surface area contributed by atoms with Crippen LogP contribution in [0.3, 0.4) is 0 Å². The number of aliphatic hydroxyl groups is 2. The number of rotatable bonds is 4. The first-order valence-corrected chi connectivity index (χ1v) is 2.92. The van der Waals surface area contributed by atoms with Crippen LogP contribution in [0.5, 0.6) is 0 Å². The summed E-state index contributed by atoms with van der Waals surface area (Å²) in [5, 5.41) is 16.8. The highest BCUT2D eigenvalue weighted by atomic mass is 32.1. The zero-order chi connectivity index (χ0) is 6.41. The van der Waals surface area contributed by atoms with Crippen LogP contribution in [0.25, 0.3) is 0 Å². The molecule has 0 aliphatic rings. The molecule has 0 aromatic rings. The fourth-order valence-electron chi connectivity index (χ4n) is 0.241. The summed E-state index contributed by atoms with van der Waals surface area (Å²) in [7, 11) is 0. The van der Waals surface area contributed by atoms with Crippen molar-refractivity contribution in [1.29, 1.82) is 0 Å². The van der Waals surface area contributed by atoms with Gasteiger partial charge in [-0.2, -0.15) is 12.6 Å². The topological polar surface area (TPSA) is 49.7 Å². The highest BCUT2D eigenvalue weighted by Crippen LogP contribution is 1.83. The highest BCUT2D eigenvalue weighted by Gasteiger charge is 1.98. The first kappa shape index (κ1) is 8.23. The van der Waals surface area contributed by atoms with E-state index in [1.807, 2.05) is 0 Å². The lowest BCUT2D eigenvalue weighted by Gasteiger charge is -2.04. The fourth-order valence-corrected chi connectivity index (χ4v) is 0.347. The predicted molar refractivity (Wildman–Crippen MR) is 32.9 cm³/mol. The summed E-state index contributed by atoms with van der Waals surface area (Å²) in [5.74, 6) is 0.275. The van der Waals surface area contributed by atoms with Crippen molar-refractivity contribution in [2.45, 2.75) is 6.10 Å². The monoisotopic (exact) mass is 138 g/mol. The van der Waals surface area contributed by atoms with Gasteiger partial charge in [0.25, 0.3) is 0 Å². The normalized spacial score (nSPS) is 13.9. The Bertz CT molecular complexity index is 50.5. The number of ether oxygens (including phenoxy) is 1. The van der Waals surface area contributed by atoms with Crippen molar-refractivity contribution >= 4 is 12.6 Å². The standard InChI is InChI=1S/C4H10O3S/c5-1-4(6)2-7-3-8/h4-6,8H,1-3H2. The van der Waals surface area contributed by atoms with Gasteiger partial charge in [0.05, 0.1) is 19.2 Å². The molecule has 0 fully saturated rings. The maximum Gasteiger partial charge on any atom is 0.100 e. The van der Waals surface area contributed by atoms with Crippen molar-refractivity contribution in [3.8, 4) is 0 Å². The summed E-state index contributed by atoms with van der Waals surface area (Å²) in [6.45, 7) is -0.103. The molecule has 0 saturated heterocycles. The van der Waals surface area contributed by atoms with Crippen LogP contribution in [0.1, 0.15) is 0 Å². The largest absolute Gasteiger partial charge is 0.394 e. The summed E-state index contributed by atoms with van der Waals surface area (Å²) < 4.78 is 4.64. The molecule has 0 radical (unpaired) electrons. The molecule has 50 valence electrons. The van der Waals surface area contributed by atoms with Gasteiger partial charge in [0, 0.05) is 0 Å². The summed E-state index contributed by atoms with van der Waals surface area (Å²) in [5.41, 5.74) is 0. The average Bonchev–Trinajstić information content (AvgIpc) is 1.83. The second kappa shape index (κ2) is 5.37. The quantitative estimate of drug-likeness (QED) is 0.353. The van der Waals surface area contributed by atoms with Crippen LogP contribution in [0.15, 0.2) is 0 Å². The van der Waals surface area contributed by atoms with Gasteiger partial charge >= 0.3 is 0 Å². The zero-order valence-electron chi connectivity index (χ0n) is 4.45. The first-order valence-electron chi connectivity index (χ1n) is 2.28. The summed E-state index contributed by atoms with van der Waals surface area (Å²) in [6, 6.07) is 0. The highest BCUT2D eigenvalue weighted by molar-refractivity contribution is 7.80. The van der Waals surface area contributed by atoms with Crippen molar-refractivity contribution in [2.24, 2.45) is 0 Å². The molecular formula is C4H10O3S. The van der Waals surface area contributed by atoms with E-state index in [0.29, 0.717) is 0 Å². The smallest absolute Gasteiger partial charge is 0.100 e. The fraction of sp³-hybridized carbons (Fsp3) is 1.00. The minimum atomic E-state index is -0.762. The Kier molecular flexibility index (Phi) is 5.52. The third-order valence-corrected chi connectivity index (χ3v) is 0.795. The molecule has 2 N–H and O–H groups in total. The van der Waals surface area contributed by atoms with E-state index in [1.54, 1.807) is 0 Å². The molecule has 0 aromatic heterocycles. The lowest BCUT2D eigenvalue weighted by molar-refractivity contribution is 0.0213. The van der Waals surface area contributed by atoms with Gasteiger partial charge in [0.2, 0.25) is 0 Å². The van der Waals surface area contributed by atoms with Crippen molar-refractivity contribution in [2.75, 3.05) is 19.2 Å². The Morgan fingerprint density at radius 1 is 1.62 bits per heavy atom. The zero-order valence-corrected chi connectivity index (χ0v) is 5.34. The molecule has 0 heterocycles. The molecule has 3 nitrogen and oxygen atoms in total. The molecule has 0 bridgehead atoms. The van der Waals surface area contributed by atoms with Gasteiger partial charge in [-0.1, -0.05) is 0 Å². The molecule has 8 heavy (non-hydrogen) atoms. The molecule has 0 aliphatic carbocycles. The van der Waals surface area contributed by atoms with Crippen LogP contribution in [-0.2, 0) is 4.74 Å². The second-order valence-electron chi connectivity index (χ2n) is 1.34. The van der Waals surface area contributed by atoms with Gasteiger partial charge in [-0.3, -0.25) is 0 Å². The van der Waals surface area contributed by atoms with Crippen molar-refractivity contribution in [3.63, 3.8) is 0 Å². The van der Waals surface area contributed by atoms with Crippen LogP contribution in [0.4, 0.5) is 0 Å². The minimum Gasteiger partial charge on any atom is -0.394 e. The predicted octanol–water partition coefficient (Wildman–Crippen LogP) is -0.756. The molecule has 0 saturated carbocycles. The van der Waals surface area contributed by atoms with Crippen molar-refractivity contribution < 1.29 is 14.9 Å². The van der Waals surface area contributed by atoms with Crippen LogP contribution < -0.4 is 0 Å². The summed E-state index contributed by atoms with van der Waals surface area (Å²) in [4.78, 5) is 0. The van der Waals surface area contributed by atoms with E-state index >= 15 is 0 Å². The van der Waals surface area contributed by atoms with Gasteiger partial charge in [-0.15, -0.1) is 0 Å². The second-order valence-corrected chi connectivity index (χ2v) is 1.59. The van der Waals surface area contributed by atoms with Gasteiger partial charge in [0.15, 0.2) is 0 Å². The summed E-state index contributed by atoms with van der Waals surface area (Å²) >= 11 is 3.72. The maximum atomic E-state index is 8.58. The van der Waals surface area contributed by atoms with E-state index < -0.39 is 6.10 Å². The van der Waals surface area contributed by atoms with Crippen molar-refractivity contribution in [3.05, 3.63) is 0 Å². The summed E-state index contributed by atoms with van der Waals surface area (Å²) in [6.07, 6.45) is -0.762. The lowest BCUT2D eigenvalue weighted by atomic mass is 10.4. The van der Waals surface area contributed by atoms with Crippen LogP contribution in [0.2, 0.25) is 0 Å². The third kappa shape index (κ3) is 4.39. The Morgan fingerprint density at radius 2 is 2.25 bits per heavy atom. The van der Waals surface area contributed by atoms with E-state index in [-0.39, 0.29) is 19.2 Å². The van der Waals surface area contributed by atoms with E-state index in [9.17, 15) is 0 Å². The Morgan fingerprint density at radius 3 is 2.62 bits per heavy atom. The molecule has 0 rings (SSSR count). The van der Waals surface area contributed by atoms with Crippen LogP contribution in [0, 0.1) is 0 Å². The first-order chi connectivity index (χ1) is 3.81. The van der Waals surface area contributed by atoms with Crippen LogP contribution in [-0.4, -0.2) is 35.5 Å².